The van der Waals surface area contributed by atoms with Gasteiger partial charge in [-0.25, -0.2) is 0 Å². The molecule has 0 aromatic heterocycles. The molecule has 1 atom stereocenters. The van der Waals surface area contributed by atoms with Crippen molar-refractivity contribution in [3.8, 4) is 0 Å². The molecular weight excluding hydrogens is 384 g/mol. The topological polar surface area (TPSA) is 32.3 Å². The third-order valence-electron chi connectivity index (χ3n) is 3.75. The molecule has 0 saturated carbocycles. The molecule has 1 amide bonds. The van der Waals surface area contributed by atoms with Gasteiger partial charge in [0.25, 0.3) is 5.91 Å². The minimum Gasteiger partial charge on any atom is -0.350 e. The largest absolute Gasteiger partial charge is 0.350 e. The second-order valence-corrected chi connectivity index (χ2v) is 7.05. The number of nitrogens with one attached hydrogen (secondary N) is 1. The van der Waals surface area contributed by atoms with Gasteiger partial charge in [0.1, 0.15) is 0 Å². The van der Waals surface area contributed by atoms with Crippen LogP contribution in [0.5, 0.6) is 0 Å². The molecule has 1 fully saturated rings. The van der Waals surface area contributed by atoms with Crippen molar-refractivity contribution in [3.63, 3.8) is 0 Å². The van der Waals surface area contributed by atoms with Crippen molar-refractivity contribution in [3.05, 3.63) is 32.7 Å². The molecule has 0 bridgehead atoms. The minimum atomic E-state index is -0.0259. The van der Waals surface area contributed by atoms with Gasteiger partial charge in [-0.1, -0.05) is 22.4 Å². The highest BCUT2D eigenvalue weighted by Gasteiger charge is 2.18. The lowest BCUT2D eigenvalue weighted by atomic mass is 10.1. The number of hydrogen-bond donors (Lipinski definition) is 1. The summed E-state index contributed by atoms with van der Waals surface area (Å²) in [4.78, 5) is 14.7. The molecule has 1 N–H and O–H groups in total. The number of halogens is 2. The predicted octanol–water partition coefficient (Wildman–Crippen LogP) is 3.82. The SMILES string of the molecule is CC(CNC(=O)c1cc(Br)ccc1Br)N1CCCCC1. The summed E-state index contributed by atoms with van der Waals surface area (Å²) >= 11 is 6.82. The molecule has 0 radical (unpaired) electrons. The van der Waals surface area contributed by atoms with Crippen molar-refractivity contribution < 1.29 is 4.79 Å². The second kappa shape index (κ2) is 7.57. The van der Waals surface area contributed by atoms with Crippen LogP contribution in [0.25, 0.3) is 0 Å². The highest BCUT2D eigenvalue weighted by Crippen LogP contribution is 2.21. The number of likely N-dealkylation sites (tertiary alicyclic amines) is 1. The fraction of sp³-hybridized carbons (Fsp3) is 0.533. The van der Waals surface area contributed by atoms with E-state index in [0.29, 0.717) is 18.2 Å². The van der Waals surface area contributed by atoms with E-state index >= 15 is 0 Å². The Labute approximate surface area is 137 Å². The molecule has 20 heavy (non-hydrogen) atoms. The van der Waals surface area contributed by atoms with E-state index in [9.17, 15) is 4.79 Å². The molecule has 1 aliphatic rings. The highest BCUT2D eigenvalue weighted by atomic mass is 79.9. The van der Waals surface area contributed by atoms with Crippen LogP contribution >= 0.6 is 31.9 Å². The summed E-state index contributed by atoms with van der Waals surface area (Å²) in [5, 5.41) is 3.03. The van der Waals surface area contributed by atoms with Gasteiger partial charge < -0.3 is 5.32 Å². The van der Waals surface area contributed by atoms with Gasteiger partial charge in [-0.05, 0) is 67.0 Å². The summed E-state index contributed by atoms with van der Waals surface area (Å²) in [7, 11) is 0. The fourth-order valence-electron chi connectivity index (χ4n) is 2.50. The molecule has 1 saturated heterocycles. The summed E-state index contributed by atoms with van der Waals surface area (Å²) in [6.45, 7) is 5.18. The normalized spacial score (nSPS) is 17.8. The number of hydrogen-bond acceptors (Lipinski definition) is 2. The maximum atomic E-state index is 12.2. The summed E-state index contributed by atoms with van der Waals surface area (Å²) < 4.78 is 1.73. The van der Waals surface area contributed by atoms with Crippen LogP contribution in [0, 0.1) is 0 Å². The first-order valence-corrected chi connectivity index (χ1v) is 8.64. The van der Waals surface area contributed by atoms with E-state index in [4.69, 9.17) is 0 Å². The van der Waals surface area contributed by atoms with Crippen molar-refractivity contribution in [2.24, 2.45) is 0 Å². The average Bonchev–Trinajstić information content (AvgIpc) is 2.47. The number of nitrogens with zero attached hydrogens (tertiary/aromatic N) is 1. The van der Waals surface area contributed by atoms with E-state index in [0.717, 1.165) is 22.0 Å². The maximum Gasteiger partial charge on any atom is 0.252 e. The summed E-state index contributed by atoms with van der Waals surface area (Å²) in [5.41, 5.74) is 0.671. The highest BCUT2D eigenvalue weighted by molar-refractivity contribution is 9.11. The molecule has 1 aromatic carbocycles. The van der Waals surface area contributed by atoms with Gasteiger partial charge in [0, 0.05) is 21.5 Å². The van der Waals surface area contributed by atoms with Crippen LogP contribution in [0.4, 0.5) is 0 Å². The maximum absolute atomic E-state index is 12.2. The van der Waals surface area contributed by atoms with Crippen LogP contribution in [0.15, 0.2) is 27.1 Å². The third-order valence-corrected chi connectivity index (χ3v) is 4.93. The van der Waals surface area contributed by atoms with E-state index in [1.165, 1.54) is 19.3 Å². The van der Waals surface area contributed by atoms with Crippen LogP contribution in [0.3, 0.4) is 0 Å². The van der Waals surface area contributed by atoms with Gasteiger partial charge in [-0.2, -0.15) is 0 Å². The third kappa shape index (κ3) is 4.30. The summed E-state index contributed by atoms with van der Waals surface area (Å²) in [5.74, 6) is -0.0259. The molecule has 1 aliphatic heterocycles. The van der Waals surface area contributed by atoms with Crippen molar-refractivity contribution in [1.29, 1.82) is 0 Å². The van der Waals surface area contributed by atoms with Gasteiger partial charge in [0.05, 0.1) is 5.56 Å². The van der Waals surface area contributed by atoms with Gasteiger partial charge >= 0.3 is 0 Å². The van der Waals surface area contributed by atoms with Gasteiger partial charge in [0.15, 0.2) is 0 Å². The molecule has 1 aromatic rings. The molecule has 3 nitrogen and oxygen atoms in total. The standard InChI is InChI=1S/C15H20Br2N2O/c1-11(19-7-3-2-4-8-19)10-18-15(20)13-9-12(16)5-6-14(13)17/h5-6,9,11H,2-4,7-8,10H2,1H3,(H,18,20). The molecule has 0 spiro atoms. The Morgan fingerprint density at radius 2 is 2.00 bits per heavy atom. The van der Waals surface area contributed by atoms with Crippen molar-refractivity contribution in [2.45, 2.75) is 32.2 Å². The minimum absolute atomic E-state index is 0.0259. The number of rotatable bonds is 4. The summed E-state index contributed by atoms with van der Waals surface area (Å²) in [6.07, 6.45) is 3.88. The van der Waals surface area contributed by atoms with Crippen LogP contribution < -0.4 is 5.32 Å². The van der Waals surface area contributed by atoms with E-state index in [1.807, 2.05) is 18.2 Å². The molecule has 110 valence electrons. The van der Waals surface area contributed by atoms with Crippen molar-refractivity contribution in [2.75, 3.05) is 19.6 Å². The first-order valence-electron chi connectivity index (χ1n) is 7.05. The Kier molecular flexibility index (Phi) is 6.05. The fourth-order valence-corrected chi connectivity index (χ4v) is 3.28. The Hall–Kier alpha value is -0.390. The number of piperidine rings is 1. The Morgan fingerprint density at radius 1 is 1.30 bits per heavy atom. The van der Waals surface area contributed by atoms with Crippen molar-refractivity contribution in [1.82, 2.24) is 10.2 Å². The van der Waals surface area contributed by atoms with Gasteiger partial charge in [-0.15, -0.1) is 0 Å². The van der Waals surface area contributed by atoms with Crippen LogP contribution in [-0.4, -0.2) is 36.5 Å². The van der Waals surface area contributed by atoms with Gasteiger partial charge in [0.2, 0.25) is 0 Å². The molecule has 1 unspecified atom stereocenters. The van der Waals surface area contributed by atoms with Gasteiger partial charge in [-0.3, -0.25) is 9.69 Å². The van der Waals surface area contributed by atoms with Crippen molar-refractivity contribution >= 4 is 37.8 Å². The lowest BCUT2D eigenvalue weighted by molar-refractivity contribution is 0.0929. The zero-order chi connectivity index (χ0) is 14.5. The quantitative estimate of drug-likeness (QED) is 0.828. The predicted molar refractivity (Wildman–Crippen MR) is 89.1 cm³/mol. The molecular formula is C15H20Br2N2O. The molecule has 1 heterocycles. The van der Waals surface area contributed by atoms with Crippen LogP contribution in [0.1, 0.15) is 36.5 Å². The smallest absolute Gasteiger partial charge is 0.252 e. The van der Waals surface area contributed by atoms with E-state index in [-0.39, 0.29) is 5.91 Å². The zero-order valence-electron chi connectivity index (χ0n) is 11.7. The first-order chi connectivity index (χ1) is 9.58. The first kappa shape index (κ1) is 16.0. The summed E-state index contributed by atoms with van der Waals surface area (Å²) in [6, 6.07) is 6.03. The Bertz CT molecular complexity index is 473. The number of carbonyl (C=O) groups excluding carboxylic acids is 1. The van der Waals surface area contributed by atoms with E-state index in [1.54, 1.807) is 0 Å². The monoisotopic (exact) mass is 402 g/mol. The number of benzene rings is 1. The number of amides is 1. The van der Waals surface area contributed by atoms with E-state index < -0.39 is 0 Å². The van der Waals surface area contributed by atoms with Crippen LogP contribution in [0.2, 0.25) is 0 Å². The second-order valence-electron chi connectivity index (χ2n) is 5.28. The molecule has 5 heteroatoms. The lowest BCUT2D eigenvalue weighted by Crippen LogP contribution is -2.44. The average molecular weight is 404 g/mol. The Morgan fingerprint density at radius 3 is 2.70 bits per heavy atom. The molecule has 0 aliphatic carbocycles. The number of carbonyl (C=O) groups is 1. The Balaban J connectivity index is 1.89. The lowest BCUT2D eigenvalue weighted by Gasteiger charge is -2.32. The van der Waals surface area contributed by atoms with Crippen LogP contribution in [-0.2, 0) is 0 Å². The van der Waals surface area contributed by atoms with E-state index in [2.05, 4.69) is 49.0 Å². The molecule has 2 rings (SSSR count). The zero-order valence-corrected chi connectivity index (χ0v) is 14.8.